The van der Waals surface area contributed by atoms with Crippen LogP contribution in [0.15, 0.2) is 23.8 Å². The topological polar surface area (TPSA) is 34.1 Å². The number of aldehydes is 1. The van der Waals surface area contributed by atoms with Crippen molar-refractivity contribution >= 4 is 12.1 Å². The van der Waals surface area contributed by atoms with E-state index in [0.29, 0.717) is 6.29 Å². The third-order valence-corrected chi connectivity index (χ3v) is 2.93. The second kappa shape index (κ2) is 4.56. The fourth-order valence-electron chi connectivity index (χ4n) is 2.15. The van der Waals surface area contributed by atoms with Crippen LogP contribution in [0.5, 0.6) is 0 Å². The molecule has 0 heterocycles. The molecule has 2 heteroatoms. The molecule has 2 nitrogen and oxygen atoms in total. The van der Waals surface area contributed by atoms with Crippen LogP contribution in [0.25, 0.3) is 0 Å². The molecule has 0 amide bonds. The number of hydrogen-bond donors (Lipinski definition) is 0. The Labute approximate surface area is 91.1 Å². The van der Waals surface area contributed by atoms with Gasteiger partial charge in [0.1, 0.15) is 6.29 Å². The molecule has 0 aromatic heterocycles. The van der Waals surface area contributed by atoms with E-state index in [0.717, 1.165) is 18.4 Å². The molecular weight excluding hydrogens is 188 g/mol. The summed E-state index contributed by atoms with van der Waals surface area (Å²) in [6, 6.07) is 0. The second-order valence-electron chi connectivity index (χ2n) is 4.87. The summed E-state index contributed by atoms with van der Waals surface area (Å²) in [6.07, 6.45) is 7.38. The molecule has 0 aliphatic heterocycles. The van der Waals surface area contributed by atoms with E-state index in [9.17, 15) is 9.59 Å². The highest BCUT2D eigenvalue weighted by atomic mass is 16.1. The van der Waals surface area contributed by atoms with Gasteiger partial charge in [-0.05, 0) is 37.3 Å². The summed E-state index contributed by atoms with van der Waals surface area (Å²) in [6.45, 7) is 6.36. The zero-order chi connectivity index (χ0) is 11.5. The summed E-state index contributed by atoms with van der Waals surface area (Å²) in [5.74, 6) is 0.0283. The quantitative estimate of drug-likeness (QED) is 0.404. The van der Waals surface area contributed by atoms with Gasteiger partial charge in [-0.3, -0.25) is 9.59 Å². The minimum absolute atomic E-state index is 0.0192. The molecule has 1 unspecified atom stereocenters. The van der Waals surface area contributed by atoms with Gasteiger partial charge in [0.25, 0.3) is 0 Å². The van der Waals surface area contributed by atoms with E-state index in [1.54, 1.807) is 0 Å². The van der Waals surface area contributed by atoms with Crippen LogP contribution in [0.2, 0.25) is 0 Å². The van der Waals surface area contributed by atoms with Crippen molar-refractivity contribution in [3.8, 4) is 0 Å². The van der Waals surface area contributed by atoms with Crippen molar-refractivity contribution in [3.63, 3.8) is 0 Å². The highest BCUT2D eigenvalue weighted by Crippen LogP contribution is 2.36. The number of rotatable bonds is 3. The van der Waals surface area contributed by atoms with Gasteiger partial charge in [0.15, 0.2) is 5.78 Å². The van der Waals surface area contributed by atoms with Crippen LogP contribution in [-0.2, 0) is 9.59 Å². The van der Waals surface area contributed by atoms with Crippen molar-refractivity contribution < 1.29 is 9.59 Å². The number of ketones is 1. The third-order valence-electron chi connectivity index (χ3n) is 2.93. The molecular formula is C13H18O2. The van der Waals surface area contributed by atoms with E-state index >= 15 is 0 Å². The zero-order valence-electron chi connectivity index (χ0n) is 9.62. The lowest BCUT2D eigenvalue weighted by atomic mass is 9.74. The Bertz CT molecular complexity index is 321. The van der Waals surface area contributed by atoms with Crippen molar-refractivity contribution in [3.05, 3.63) is 23.8 Å². The molecule has 0 saturated carbocycles. The molecule has 0 aromatic rings. The van der Waals surface area contributed by atoms with E-state index in [1.807, 2.05) is 6.92 Å². The summed E-state index contributed by atoms with van der Waals surface area (Å²) in [5, 5.41) is 0. The number of hydrogen-bond acceptors (Lipinski definition) is 2. The normalized spacial score (nSPS) is 25.0. The standard InChI is InChI=1S/C13H18O2/c1-10-9-13(2,3)7-6-11(10)12(15)5-4-8-14/h4-5,8-9,11H,6-7H2,1-3H3/b5-4+. The lowest BCUT2D eigenvalue weighted by molar-refractivity contribution is -0.117. The van der Waals surface area contributed by atoms with Crippen molar-refractivity contribution in [2.45, 2.75) is 33.6 Å². The van der Waals surface area contributed by atoms with Crippen molar-refractivity contribution in [1.29, 1.82) is 0 Å². The fraction of sp³-hybridized carbons (Fsp3) is 0.538. The Balaban J connectivity index is 2.78. The number of allylic oxidation sites excluding steroid dienone is 4. The largest absolute Gasteiger partial charge is 0.299 e. The van der Waals surface area contributed by atoms with Crippen LogP contribution in [0.3, 0.4) is 0 Å². The fourth-order valence-corrected chi connectivity index (χ4v) is 2.15. The Morgan fingerprint density at radius 2 is 2.20 bits per heavy atom. The van der Waals surface area contributed by atoms with Gasteiger partial charge in [-0.2, -0.15) is 0 Å². The maximum Gasteiger partial charge on any atom is 0.162 e. The molecule has 1 atom stereocenters. The number of carbonyl (C=O) groups excluding carboxylic acids is 2. The van der Waals surface area contributed by atoms with Crippen LogP contribution in [-0.4, -0.2) is 12.1 Å². The average Bonchev–Trinajstić information content (AvgIpc) is 2.12. The zero-order valence-corrected chi connectivity index (χ0v) is 9.62. The van der Waals surface area contributed by atoms with Crippen LogP contribution in [0.1, 0.15) is 33.6 Å². The molecule has 1 aliphatic rings. The lowest BCUT2D eigenvalue weighted by Crippen LogP contribution is -2.23. The van der Waals surface area contributed by atoms with Crippen LogP contribution >= 0.6 is 0 Å². The average molecular weight is 206 g/mol. The van der Waals surface area contributed by atoms with Gasteiger partial charge in [-0.25, -0.2) is 0 Å². The van der Waals surface area contributed by atoms with E-state index in [-0.39, 0.29) is 17.1 Å². The Hall–Kier alpha value is -1.18. The lowest BCUT2D eigenvalue weighted by Gasteiger charge is -2.30. The van der Waals surface area contributed by atoms with E-state index in [1.165, 1.54) is 12.2 Å². The van der Waals surface area contributed by atoms with E-state index < -0.39 is 0 Å². The van der Waals surface area contributed by atoms with E-state index in [2.05, 4.69) is 19.9 Å². The first-order chi connectivity index (χ1) is 6.96. The molecule has 0 spiro atoms. The van der Waals surface area contributed by atoms with Gasteiger partial charge in [0.05, 0.1) is 0 Å². The predicted octanol–water partition coefficient (Wildman–Crippen LogP) is 2.69. The second-order valence-corrected chi connectivity index (χ2v) is 4.87. The van der Waals surface area contributed by atoms with Crippen molar-refractivity contribution in [2.75, 3.05) is 0 Å². The molecule has 82 valence electrons. The Morgan fingerprint density at radius 1 is 1.53 bits per heavy atom. The predicted molar refractivity (Wildman–Crippen MR) is 60.5 cm³/mol. The SMILES string of the molecule is CC1=CC(C)(C)CCC1C(=O)/C=C/C=O. The van der Waals surface area contributed by atoms with Gasteiger partial charge in [0, 0.05) is 5.92 Å². The maximum atomic E-state index is 11.7. The summed E-state index contributed by atoms with van der Waals surface area (Å²) < 4.78 is 0. The summed E-state index contributed by atoms with van der Waals surface area (Å²) >= 11 is 0. The van der Waals surface area contributed by atoms with E-state index in [4.69, 9.17) is 0 Å². The summed E-state index contributed by atoms with van der Waals surface area (Å²) in [7, 11) is 0. The van der Waals surface area contributed by atoms with Crippen molar-refractivity contribution in [1.82, 2.24) is 0 Å². The first kappa shape index (κ1) is 11.9. The number of carbonyl (C=O) groups is 2. The smallest absolute Gasteiger partial charge is 0.162 e. The molecule has 15 heavy (non-hydrogen) atoms. The minimum atomic E-state index is -0.0192. The van der Waals surface area contributed by atoms with Gasteiger partial charge < -0.3 is 0 Å². The first-order valence-corrected chi connectivity index (χ1v) is 5.31. The Morgan fingerprint density at radius 3 is 2.73 bits per heavy atom. The molecule has 0 saturated heterocycles. The minimum Gasteiger partial charge on any atom is -0.299 e. The molecule has 0 aromatic carbocycles. The molecule has 0 N–H and O–H groups in total. The van der Waals surface area contributed by atoms with Gasteiger partial charge in [0.2, 0.25) is 0 Å². The maximum absolute atomic E-state index is 11.7. The summed E-state index contributed by atoms with van der Waals surface area (Å²) in [5.41, 5.74) is 1.33. The van der Waals surface area contributed by atoms with Crippen LogP contribution < -0.4 is 0 Å². The molecule has 0 fully saturated rings. The molecule has 1 rings (SSSR count). The third kappa shape index (κ3) is 3.15. The van der Waals surface area contributed by atoms with Gasteiger partial charge >= 0.3 is 0 Å². The monoisotopic (exact) mass is 206 g/mol. The highest BCUT2D eigenvalue weighted by molar-refractivity contribution is 5.96. The highest BCUT2D eigenvalue weighted by Gasteiger charge is 2.28. The van der Waals surface area contributed by atoms with Crippen LogP contribution in [0, 0.1) is 11.3 Å². The van der Waals surface area contributed by atoms with Gasteiger partial charge in [-0.1, -0.05) is 25.5 Å². The first-order valence-electron chi connectivity index (χ1n) is 5.31. The Kier molecular flexibility index (Phi) is 3.61. The van der Waals surface area contributed by atoms with Crippen molar-refractivity contribution in [2.24, 2.45) is 11.3 Å². The van der Waals surface area contributed by atoms with Gasteiger partial charge in [-0.15, -0.1) is 0 Å². The molecule has 1 aliphatic carbocycles. The molecule has 0 radical (unpaired) electrons. The molecule has 0 bridgehead atoms. The summed E-state index contributed by atoms with van der Waals surface area (Å²) in [4.78, 5) is 21.8. The van der Waals surface area contributed by atoms with Crippen LogP contribution in [0.4, 0.5) is 0 Å².